The average molecular weight is 224 g/mol. The Labute approximate surface area is 102 Å². The van der Waals surface area contributed by atoms with Crippen LogP contribution in [-0.4, -0.2) is 7.11 Å². The second-order valence-electron chi connectivity index (χ2n) is 4.00. The molecule has 0 bridgehead atoms. The number of hydrogen-bond donors (Lipinski definition) is 0. The van der Waals surface area contributed by atoms with Crippen molar-refractivity contribution in [1.82, 2.24) is 0 Å². The molecule has 0 saturated carbocycles. The third-order valence-electron chi connectivity index (χ3n) is 2.73. The fourth-order valence-electron chi connectivity index (χ4n) is 1.80. The lowest BCUT2D eigenvalue weighted by Crippen LogP contribution is -1.90. The van der Waals surface area contributed by atoms with E-state index in [1.54, 1.807) is 7.11 Å². The van der Waals surface area contributed by atoms with Gasteiger partial charge in [0.15, 0.2) is 0 Å². The van der Waals surface area contributed by atoms with Gasteiger partial charge in [0.1, 0.15) is 5.75 Å². The van der Waals surface area contributed by atoms with Gasteiger partial charge < -0.3 is 4.74 Å². The molecule has 1 heteroatoms. The summed E-state index contributed by atoms with van der Waals surface area (Å²) in [5, 5.41) is 0. The second kappa shape index (κ2) is 5.35. The molecule has 0 heterocycles. The maximum absolute atomic E-state index is 5.21. The first-order valence-corrected chi connectivity index (χ1v) is 5.66. The van der Waals surface area contributed by atoms with Gasteiger partial charge in [-0.25, -0.2) is 0 Å². The standard InChI is InChI=1S/C16H16O/c1-13(15-8-4-3-5-9-15)11-14-7-6-10-16(12-14)17-2/h3-10,12H,1,11H2,2H3. The zero-order valence-corrected chi connectivity index (χ0v) is 10.0. The van der Waals surface area contributed by atoms with Crippen LogP contribution in [0.15, 0.2) is 61.2 Å². The predicted molar refractivity (Wildman–Crippen MR) is 72.2 cm³/mol. The van der Waals surface area contributed by atoms with Crippen molar-refractivity contribution < 1.29 is 4.74 Å². The first kappa shape index (κ1) is 11.5. The molecule has 0 fully saturated rings. The van der Waals surface area contributed by atoms with Gasteiger partial charge in [-0.05, 0) is 35.3 Å². The van der Waals surface area contributed by atoms with Crippen molar-refractivity contribution in [3.05, 3.63) is 72.3 Å². The molecule has 2 aromatic carbocycles. The highest BCUT2D eigenvalue weighted by molar-refractivity contribution is 5.65. The van der Waals surface area contributed by atoms with Crippen LogP contribution in [0.4, 0.5) is 0 Å². The number of ether oxygens (including phenoxy) is 1. The van der Waals surface area contributed by atoms with Crippen LogP contribution in [-0.2, 0) is 6.42 Å². The number of benzene rings is 2. The molecule has 0 spiro atoms. The fourth-order valence-corrected chi connectivity index (χ4v) is 1.80. The molecule has 0 atom stereocenters. The molecule has 1 nitrogen and oxygen atoms in total. The summed E-state index contributed by atoms with van der Waals surface area (Å²) in [7, 11) is 1.69. The van der Waals surface area contributed by atoms with E-state index >= 15 is 0 Å². The first-order chi connectivity index (χ1) is 8.29. The Morgan fingerprint density at radius 1 is 1.06 bits per heavy atom. The summed E-state index contributed by atoms with van der Waals surface area (Å²) in [6, 6.07) is 18.4. The monoisotopic (exact) mass is 224 g/mol. The van der Waals surface area contributed by atoms with E-state index in [1.165, 1.54) is 11.1 Å². The molecule has 0 radical (unpaired) electrons. The Bertz CT molecular complexity index is 500. The van der Waals surface area contributed by atoms with Crippen LogP contribution in [0.5, 0.6) is 5.75 Å². The lowest BCUT2D eigenvalue weighted by Gasteiger charge is -2.07. The van der Waals surface area contributed by atoms with E-state index in [9.17, 15) is 0 Å². The summed E-state index contributed by atoms with van der Waals surface area (Å²) < 4.78 is 5.21. The number of methoxy groups -OCH3 is 1. The van der Waals surface area contributed by atoms with Gasteiger partial charge in [0.25, 0.3) is 0 Å². The van der Waals surface area contributed by atoms with Crippen molar-refractivity contribution in [2.24, 2.45) is 0 Å². The summed E-state index contributed by atoms with van der Waals surface area (Å²) in [6.07, 6.45) is 0.848. The van der Waals surface area contributed by atoms with Gasteiger partial charge in [0.2, 0.25) is 0 Å². The highest BCUT2D eigenvalue weighted by atomic mass is 16.5. The number of rotatable bonds is 4. The van der Waals surface area contributed by atoms with Crippen LogP contribution < -0.4 is 4.74 Å². The molecule has 17 heavy (non-hydrogen) atoms. The minimum Gasteiger partial charge on any atom is -0.497 e. The van der Waals surface area contributed by atoms with Crippen molar-refractivity contribution in [3.8, 4) is 5.75 Å². The maximum Gasteiger partial charge on any atom is 0.119 e. The van der Waals surface area contributed by atoms with Crippen molar-refractivity contribution in [2.45, 2.75) is 6.42 Å². The quantitative estimate of drug-likeness (QED) is 0.764. The van der Waals surface area contributed by atoms with Crippen LogP contribution >= 0.6 is 0 Å². The van der Waals surface area contributed by atoms with Crippen molar-refractivity contribution >= 4 is 5.57 Å². The van der Waals surface area contributed by atoms with E-state index in [-0.39, 0.29) is 0 Å². The first-order valence-electron chi connectivity index (χ1n) is 5.66. The van der Waals surface area contributed by atoms with Crippen LogP contribution in [0.1, 0.15) is 11.1 Å². The normalized spacial score (nSPS) is 9.94. The van der Waals surface area contributed by atoms with Crippen LogP contribution in [0.2, 0.25) is 0 Å². The second-order valence-corrected chi connectivity index (χ2v) is 4.00. The zero-order chi connectivity index (χ0) is 12.1. The molecule has 0 unspecified atom stereocenters. The van der Waals surface area contributed by atoms with E-state index < -0.39 is 0 Å². The molecule has 0 aromatic heterocycles. The molecule has 0 N–H and O–H groups in total. The maximum atomic E-state index is 5.21. The van der Waals surface area contributed by atoms with E-state index in [1.807, 2.05) is 36.4 Å². The van der Waals surface area contributed by atoms with E-state index in [0.29, 0.717) is 0 Å². The van der Waals surface area contributed by atoms with Crippen LogP contribution in [0, 0.1) is 0 Å². The van der Waals surface area contributed by atoms with Gasteiger partial charge >= 0.3 is 0 Å². The van der Waals surface area contributed by atoms with Gasteiger partial charge in [-0.3, -0.25) is 0 Å². The van der Waals surface area contributed by atoms with Crippen LogP contribution in [0.25, 0.3) is 5.57 Å². The van der Waals surface area contributed by atoms with E-state index in [2.05, 4.69) is 24.8 Å². The SMILES string of the molecule is C=C(Cc1cccc(OC)c1)c1ccccc1. The Balaban J connectivity index is 2.13. The summed E-state index contributed by atoms with van der Waals surface area (Å²) >= 11 is 0. The van der Waals surface area contributed by atoms with Gasteiger partial charge in [-0.15, -0.1) is 0 Å². The highest BCUT2D eigenvalue weighted by Crippen LogP contribution is 2.20. The Kier molecular flexibility index (Phi) is 3.61. The summed E-state index contributed by atoms with van der Waals surface area (Å²) in [5.74, 6) is 0.892. The van der Waals surface area contributed by atoms with Gasteiger partial charge in [0.05, 0.1) is 7.11 Å². The van der Waals surface area contributed by atoms with Crippen LogP contribution in [0.3, 0.4) is 0 Å². The topological polar surface area (TPSA) is 9.23 Å². The molecule has 2 rings (SSSR count). The molecular weight excluding hydrogens is 208 g/mol. The van der Waals surface area contributed by atoms with Gasteiger partial charge in [0, 0.05) is 0 Å². The molecular formula is C16H16O. The van der Waals surface area contributed by atoms with E-state index in [0.717, 1.165) is 17.7 Å². The minimum atomic E-state index is 0.848. The van der Waals surface area contributed by atoms with E-state index in [4.69, 9.17) is 4.74 Å². The van der Waals surface area contributed by atoms with Gasteiger partial charge in [-0.2, -0.15) is 0 Å². The molecule has 2 aromatic rings. The fraction of sp³-hybridized carbons (Fsp3) is 0.125. The van der Waals surface area contributed by atoms with Crippen molar-refractivity contribution in [2.75, 3.05) is 7.11 Å². The Hall–Kier alpha value is -2.02. The molecule has 0 amide bonds. The average Bonchev–Trinajstić information content (AvgIpc) is 2.40. The highest BCUT2D eigenvalue weighted by Gasteiger charge is 2.01. The predicted octanol–water partition coefficient (Wildman–Crippen LogP) is 3.95. The Morgan fingerprint density at radius 3 is 2.53 bits per heavy atom. The smallest absolute Gasteiger partial charge is 0.119 e. The third kappa shape index (κ3) is 2.97. The summed E-state index contributed by atoms with van der Waals surface area (Å²) in [4.78, 5) is 0. The lowest BCUT2D eigenvalue weighted by atomic mass is 10.00. The zero-order valence-electron chi connectivity index (χ0n) is 10.0. The molecule has 0 saturated heterocycles. The summed E-state index contributed by atoms with van der Waals surface area (Å²) in [5.41, 5.74) is 3.53. The number of hydrogen-bond acceptors (Lipinski definition) is 1. The third-order valence-corrected chi connectivity index (χ3v) is 2.73. The lowest BCUT2D eigenvalue weighted by molar-refractivity contribution is 0.414. The number of allylic oxidation sites excluding steroid dienone is 1. The van der Waals surface area contributed by atoms with Crippen molar-refractivity contribution in [3.63, 3.8) is 0 Å². The van der Waals surface area contributed by atoms with Crippen molar-refractivity contribution in [1.29, 1.82) is 0 Å². The molecule has 0 aliphatic carbocycles. The van der Waals surface area contributed by atoms with Gasteiger partial charge in [-0.1, -0.05) is 49.0 Å². The summed E-state index contributed by atoms with van der Waals surface area (Å²) in [6.45, 7) is 4.13. The molecule has 0 aliphatic rings. The molecule has 0 aliphatic heterocycles. The minimum absolute atomic E-state index is 0.848. The largest absolute Gasteiger partial charge is 0.497 e. The molecule has 86 valence electrons. The Morgan fingerprint density at radius 2 is 1.82 bits per heavy atom.